The highest BCUT2D eigenvalue weighted by Gasteiger charge is 2.23. The van der Waals surface area contributed by atoms with Crippen LogP contribution in [0.1, 0.15) is 18.0 Å². The highest BCUT2D eigenvalue weighted by Crippen LogP contribution is 2.18. The Bertz CT molecular complexity index is 593. The summed E-state index contributed by atoms with van der Waals surface area (Å²) < 4.78 is 63.3. The summed E-state index contributed by atoms with van der Waals surface area (Å²) >= 11 is 0. The number of aromatic nitrogens is 2. The van der Waals surface area contributed by atoms with Crippen molar-refractivity contribution in [2.24, 2.45) is 0 Å². The summed E-state index contributed by atoms with van der Waals surface area (Å²) in [7, 11) is -8.76. The van der Waals surface area contributed by atoms with Crippen molar-refractivity contribution in [3.8, 4) is 0 Å². The largest absolute Gasteiger partial charge is 0.394 e. The van der Waals surface area contributed by atoms with Crippen LogP contribution in [0.25, 0.3) is 6.20 Å². The summed E-state index contributed by atoms with van der Waals surface area (Å²) in [6.07, 6.45) is 4.42. The number of nitrogens with zero attached hydrogens (tertiary/aromatic N) is 2. The molecular weight excluding hydrogens is 288 g/mol. The molecule has 0 aromatic carbocycles. The van der Waals surface area contributed by atoms with Gasteiger partial charge in [-0.3, -0.25) is 13.7 Å². The zero-order valence-electron chi connectivity index (χ0n) is 9.20. The topological polar surface area (TPSA) is 147 Å². The number of hydrogen-bond acceptors (Lipinski definition) is 5. The molecule has 11 heteroatoms. The Morgan fingerprint density at radius 1 is 1.33 bits per heavy atom. The van der Waals surface area contributed by atoms with Gasteiger partial charge in [-0.2, -0.15) is 16.8 Å². The van der Waals surface area contributed by atoms with Crippen molar-refractivity contribution >= 4 is 26.7 Å². The third kappa shape index (κ3) is 6.46. The van der Waals surface area contributed by atoms with Crippen molar-refractivity contribution in [1.82, 2.24) is 9.55 Å². The Labute approximate surface area is 104 Å². The summed E-state index contributed by atoms with van der Waals surface area (Å²) in [5, 5.41) is -1.04. The Kier molecular flexibility index (Phi) is 5.63. The normalized spacial score (nSPS) is 13.3. The van der Waals surface area contributed by atoms with Gasteiger partial charge in [-0.15, -0.1) is 0 Å². The first-order valence-electron chi connectivity index (χ1n) is 4.28. The molecule has 3 N–H and O–H groups in total. The van der Waals surface area contributed by atoms with Crippen LogP contribution in [0.4, 0.5) is 0 Å². The highest BCUT2D eigenvalue weighted by molar-refractivity contribution is 7.86. The van der Waals surface area contributed by atoms with Gasteiger partial charge in [0, 0.05) is 18.6 Å². The van der Waals surface area contributed by atoms with E-state index in [1.54, 1.807) is 6.20 Å². The molecule has 9 nitrogen and oxygen atoms in total. The Hall–Kier alpha value is -1.27. The van der Waals surface area contributed by atoms with Crippen LogP contribution >= 0.6 is 0 Å². The maximum Gasteiger partial charge on any atom is 0.394 e. The number of hydrogen-bond donors (Lipinski definition) is 3. The summed E-state index contributed by atoms with van der Waals surface area (Å²) in [5.41, 5.74) is 0. The molecule has 0 bridgehead atoms. The third-order valence-corrected chi connectivity index (χ3v) is 2.81. The second-order valence-electron chi connectivity index (χ2n) is 2.98. The zero-order chi connectivity index (χ0) is 14.6. The van der Waals surface area contributed by atoms with E-state index >= 15 is 0 Å². The number of rotatable bonds is 3. The monoisotopic (exact) mass is 300 g/mol. The van der Waals surface area contributed by atoms with Crippen LogP contribution < -0.4 is 0 Å². The van der Waals surface area contributed by atoms with Crippen molar-refractivity contribution < 1.29 is 30.5 Å². The zero-order valence-corrected chi connectivity index (χ0v) is 10.8. The molecule has 0 radical (unpaired) electrons. The molecule has 1 aromatic heterocycles. The average molecular weight is 300 g/mol. The molecule has 1 aromatic rings. The van der Waals surface area contributed by atoms with Crippen LogP contribution in [0.5, 0.6) is 0 Å². The van der Waals surface area contributed by atoms with Crippen molar-refractivity contribution in [2.45, 2.75) is 12.2 Å². The van der Waals surface area contributed by atoms with E-state index in [-0.39, 0.29) is 5.82 Å². The molecule has 1 atom stereocenters. The summed E-state index contributed by atoms with van der Waals surface area (Å²) in [5.74, 6) is 0.248. The van der Waals surface area contributed by atoms with E-state index in [0.717, 1.165) is 0 Å². The molecule has 0 spiro atoms. The quantitative estimate of drug-likeness (QED) is 0.674. The first-order chi connectivity index (χ1) is 7.96. The number of imidazole rings is 1. The lowest BCUT2D eigenvalue weighted by atomic mass is 10.4. The van der Waals surface area contributed by atoms with Gasteiger partial charge in [0.15, 0.2) is 0 Å². The molecule has 0 fully saturated rings. The van der Waals surface area contributed by atoms with Crippen molar-refractivity contribution in [1.29, 1.82) is 0 Å². The fraction of sp³-hybridized carbons (Fsp3) is 0.286. The van der Waals surface area contributed by atoms with Crippen molar-refractivity contribution in [3.63, 3.8) is 0 Å². The van der Waals surface area contributed by atoms with E-state index in [2.05, 4.69) is 11.6 Å². The fourth-order valence-corrected chi connectivity index (χ4v) is 1.38. The van der Waals surface area contributed by atoms with E-state index < -0.39 is 25.8 Å². The molecule has 0 aliphatic rings. The van der Waals surface area contributed by atoms with Gasteiger partial charge in [-0.1, -0.05) is 6.58 Å². The van der Waals surface area contributed by atoms with Gasteiger partial charge in [0.2, 0.25) is 0 Å². The van der Waals surface area contributed by atoms with E-state index in [0.29, 0.717) is 0 Å². The minimum absolute atomic E-state index is 0.248. The van der Waals surface area contributed by atoms with Gasteiger partial charge in [-0.25, -0.2) is 4.98 Å². The SMILES string of the molecule is C=Cn1ccnc1C(C)S(=O)(=O)O.O=S(=O)(O)O. The van der Waals surface area contributed by atoms with Crippen LogP contribution in [-0.2, 0) is 20.5 Å². The molecule has 0 saturated heterocycles. The molecule has 104 valence electrons. The van der Waals surface area contributed by atoms with Crippen molar-refractivity contribution in [3.05, 3.63) is 24.8 Å². The lowest BCUT2D eigenvalue weighted by Gasteiger charge is -2.07. The molecule has 0 saturated carbocycles. The van der Waals surface area contributed by atoms with E-state index in [1.165, 1.54) is 23.9 Å². The lowest BCUT2D eigenvalue weighted by Crippen LogP contribution is -2.12. The Balaban J connectivity index is 0.000000494. The molecule has 1 heterocycles. The van der Waals surface area contributed by atoms with Gasteiger partial charge in [0.25, 0.3) is 10.1 Å². The Morgan fingerprint density at radius 3 is 2.11 bits per heavy atom. The summed E-state index contributed by atoms with van der Waals surface area (Å²) in [4.78, 5) is 3.81. The van der Waals surface area contributed by atoms with Crippen LogP contribution in [0.15, 0.2) is 19.0 Å². The Morgan fingerprint density at radius 2 is 1.78 bits per heavy atom. The van der Waals surface area contributed by atoms with Gasteiger partial charge in [0.1, 0.15) is 11.1 Å². The molecular formula is C7H12N2O7S2. The van der Waals surface area contributed by atoms with Gasteiger partial charge < -0.3 is 4.57 Å². The third-order valence-electron chi connectivity index (χ3n) is 1.71. The molecule has 0 aliphatic heterocycles. The first kappa shape index (κ1) is 16.7. The van der Waals surface area contributed by atoms with Crippen LogP contribution in [0.3, 0.4) is 0 Å². The molecule has 0 aliphatic carbocycles. The lowest BCUT2D eigenvalue weighted by molar-refractivity contribution is 0.381. The van der Waals surface area contributed by atoms with E-state index in [4.69, 9.17) is 22.1 Å². The van der Waals surface area contributed by atoms with Gasteiger partial charge in [-0.05, 0) is 6.92 Å². The van der Waals surface area contributed by atoms with Gasteiger partial charge >= 0.3 is 10.4 Å². The predicted molar refractivity (Wildman–Crippen MR) is 62.8 cm³/mol. The smallest absolute Gasteiger partial charge is 0.310 e. The molecule has 1 unspecified atom stereocenters. The highest BCUT2D eigenvalue weighted by atomic mass is 32.3. The van der Waals surface area contributed by atoms with E-state index in [9.17, 15) is 8.42 Å². The molecule has 0 amide bonds. The molecule has 1 rings (SSSR count). The minimum atomic E-state index is -4.67. The second kappa shape index (κ2) is 6.06. The molecule has 18 heavy (non-hydrogen) atoms. The standard InChI is InChI=1S/C7H10N2O3S.H2O4S/c1-3-9-5-4-8-7(9)6(2)13(10,11)12;1-5(2,3)4/h3-6H,1H2,2H3,(H,10,11,12);(H2,1,2,3,4). The predicted octanol–water partition coefficient (Wildman–Crippen LogP) is 0.280. The van der Waals surface area contributed by atoms with E-state index in [1.807, 2.05) is 0 Å². The maximum absolute atomic E-state index is 10.8. The van der Waals surface area contributed by atoms with Gasteiger partial charge in [0.05, 0.1) is 0 Å². The van der Waals surface area contributed by atoms with Crippen molar-refractivity contribution in [2.75, 3.05) is 0 Å². The fourth-order valence-electron chi connectivity index (χ4n) is 0.927. The maximum atomic E-state index is 10.8. The summed E-state index contributed by atoms with van der Waals surface area (Å²) in [6.45, 7) is 4.83. The first-order valence-corrected chi connectivity index (χ1v) is 7.18. The van der Waals surface area contributed by atoms with Crippen LogP contribution in [0, 0.1) is 0 Å². The minimum Gasteiger partial charge on any atom is -0.310 e. The van der Waals surface area contributed by atoms with Crippen LogP contribution in [0.2, 0.25) is 0 Å². The summed E-state index contributed by atoms with van der Waals surface area (Å²) in [6, 6.07) is 0. The van der Waals surface area contributed by atoms with Crippen LogP contribution in [-0.4, -0.2) is 40.0 Å². The average Bonchev–Trinajstić information content (AvgIpc) is 2.59. The second-order valence-corrected chi connectivity index (χ2v) is 5.61.